The summed E-state index contributed by atoms with van der Waals surface area (Å²) >= 11 is 0. The van der Waals surface area contributed by atoms with Crippen molar-refractivity contribution in [2.24, 2.45) is 5.41 Å². The zero-order chi connectivity index (χ0) is 12.1. The Labute approximate surface area is 91.6 Å². The lowest BCUT2D eigenvalue weighted by molar-refractivity contribution is -0.158. The molecular formula is C11H21NO3. The minimum Gasteiger partial charge on any atom is -0.465 e. The Morgan fingerprint density at radius 3 is 2.20 bits per heavy atom. The van der Waals surface area contributed by atoms with E-state index >= 15 is 0 Å². The van der Waals surface area contributed by atoms with Gasteiger partial charge in [0.05, 0.1) is 13.2 Å². The molecule has 0 aliphatic carbocycles. The number of ketones is 1. The molecule has 0 N–H and O–H groups in total. The molecule has 0 aliphatic rings. The molecule has 0 amide bonds. The van der Waals surface area contributed by atoms with Crippen LogP contribution in [-0.2, 0) is 14.3 Å². The summed E-state index contributed by atoms with van der Waals surface area (Å²) in [6, 6.07) is 0. The molecule has 0 radical (unpaired) electrons. The monoisotopic (exact) mass is 215 g/mol. The topological polar surface area (TPSA) is 46.6 Å². The first-order chi connectivity index (χ1) is 6.86. The van der Waals surface area contributed by atoms with Crippen molar-refractivity contribution >= 4 is 11.8 Å². The van der Waals surface area contributed by atoms with E-state index in [0.717, 1.165) is 6.54 Å². The van der Waals surface area contributed by atoms with Crippen molar-refractivity contribution in [1.29, 1.82) is 0 Å². The Morgan fingerprint density at radius 2 is 1.80 bits per heavy atom. The average Bonchev–Trinajstić information content (AvgIpc) is 2.17. The Kier molecular flexibility index (Phi) is 5.50. The van der Waals surface area contributed by atoms with Gasteiger partial charge in [-0.15, -0.1) is 0 Å². The minimum atomic E-state index is -1.04. The van der Waals surface area contributed by atoms with E-state index in [4.69, 9.17) is 4.74 Å². The fraction of sp³-hybridized carbons (Fsp3) is 0.818. The second kappa shape index (κ2) is 5.85. The van der Waals surface area contributed by atoms with E-state index in [1.54, 1.807) is 20.8 Å². The summed E-state index contributed by atoms with van der Waals surface area (Å²) in [5.41, 5.74) is -1.04. The lowest BCUT2D eigenvalue weighted by Crippen LogP contribution is -2.41. The largest absolute Gasteiger partial charge is 0.465 e. The lowest BCUT2D eigenvalue weighted by atomic mass is 9.88. The quantitative estimate of drug-likeness (QED) is 0.491. The van der Waals surface area contributed by atoms with Gasteiger partial charge in [-0.1, -0.05) is 6.92 Å². The zero-order valence-corrected chi connectivity index (χ0v) is 10.3. The number of Topliss-reactive ketones (excluding diaryl/α,β-unsaturated/α-hetero) is 1. The van der Waals surface area contributed by atoms with Crippen LogP contribution >= 0.6 is 0 Å². The van der Waals surface area contributed by atoms with Crippen LogP contribution in [0, 0.1) is 5.41 Å². The molecule has 0 aliphatic heterocycles. The van der Waals surface area contributed by atoms with Gasteiger partial charge in [0.2, 0.25) is 0 Å². The van der Waals surface area contributed by atoms with Crippen molar-refractivity contribution in [3.63, 3.8) is 0 Å². The van der Waals surface area contributed by atoms with Gasteiger partial charge in [-0.2, -0.15) is 0 Å². The van der Waals surface area contributed by atoms with Crippen LogP contribution in [0.15, 0.2) is 0 Å². The summed E-state index contributed by atoms with van der Waals surface area (Å²) in [7, 11) is 1.85. The van der Waals surface area contributed by atoms with Crippen molar-refractivity contribution in [2.45, 2.75) is 27.7 Å². The highest BCUT2D eigenvalue weighted by Gasteiger charge is 2.37. The normalized spacial score (nSPS) is 11.6. The van der Waals surface area contributed by atoms with E-state index in [0.29, 0.717) is 6.61 Å². The van der Waals surface area contributed by atoms with Crippen molar-refractivity contribution in [3.05, 3.63) is 0 Å². The second-order valence-corrected chi connectivity index (χ2v) is 4.10. The maximum absolute atomic E-state index is 11.8. The van der Waals surface area contributed by atoms with Crippen LogP contribution in [0.25, 0.3) is 0 Å². The van der Waals surface area contributed by atoms with Crippen molar-refractivity contribution in [1.82, 2.24) is 4.90 Å². The number of esters is 1. The highest BCUT2D eigenvalue weighted by atomic mass is 16.5. The Hall–Kier alpha value is -0.900. The highest BCUT2D eigenvalue weighted by molar-refractivity contribution is 6.03. The third kappa shape index (κ3) is 4.00. The molecule has 0 saturated heterocycles. The highest BCUT2D eigenvalue weighted by Crippen LogP contribution is 2.19. The summed E-state index contributed by atoms with van der Waals surface area (Å²) in [5.74, 6) is -0.551. The zero-order valence-electron chi connectivity index (χ0n) is 10.3. The number of carbonyl (C=O) groups is 2. The molecule has 0 bridgehead atoms. The predicted octanol–water partition coefficient (Wildman–Crippen LogP) is 1.10. The number of nitrogens with zero attached hydrogens (tertiary/aromatic N) is 1. The molecule has 4 nitrogen and oxygen atoms in total. The van der Waals surface area contributed by atoms with E-state index in [1.807, 2.05) is 18.9 Å². The number of hydrogen-bond donors (Lipinski definition) is 0. The second-order valence-electron chi connectivity index (χ2n) is 4.10. The fourth-order valence-corrected chi connectivity index (χ4v) is 0.980. The van der Waals surface area contributed by atoms with Crippen LogP contribution in [0.2, 0.25) is 0 Å². The molecule has 0 aromatic carbocycles. The van der Waals surface area contributed by atoms with Crippen LogP contribution in [0.4, 0.5) is 0 Å². The van der Waals surface area contributed by atoms with E-state index in [2.05, 4.69) is 0 Å². The SMILES string of the molecule is CCOC(=O)C(C)(C)C(=O)CN(C)CC. The standard InChI is InChI=1S/C11H21NO3/c1-6-12(5)8-9(13)11(3,4)10(14)15-7-2/h6-8H2,1-5H3. The molecule has 0 spiro atoms. The Balaban J connectivity index is 4.44. The fourth-order valence-electron chi connectivity index (χ4n) is 0.980. The maximum atomic E-state index is 11.8. The molecule has 4 heteroatoms. The number of hydrogen-bond acceptors (Lipinski definition) is 4. The molecule has 0 saturated carbocycles. The molecule has 0 atom stereocenters. The first-order valence-corrected chi connectivity index (χ1v) is 5.25. The smallest absolute Gasteiger partial charge is 0.319 e. The molecule has 0 heterocycles. The van der Waals surface area contributed by atoms with Gasteiger partial charge in [-0.25, -0.2) is 0 Å². The van der Waals surface area contributed by atoms with Crippen LogP contribution in [0.5, 0.6) is 0 Å². The lowest BCUT2D eigenvalue weighted by Gasteiger charge is -2.23. The van der Waals surface area contributed by atoms with Gasteiger partial charge in [0, 0.05) is 0 Å². The summed E-state index contributed by atoms with van der Waals surface area (Å²) in [6.45, 7) is 8.28. The van der Waals surface area contributed by atoms with Gasteiger partial charge < -0.3 is 4.74 Å². The number of carbonyl (C=O) groups excluding carboxylic acids is 2. The first-order valence-electron chi connectivity index (χ1n) is 5.25. The van der Waals surface area contributed by atoms with Gasteiger partial charge in [-0.05, 0) is 34.4 Å². The Bertz CT molecular complexity index is 236. The van der Waals surface area contributed by atoms with Gasteiger partial charge >= 0.3 is 5.97 Å². The van der Waals surface area contributed by atoms with E-state index in [-0.39, 0.29) is 12.3 Å². The van der Waals surface area contributed by atoms with Gasteiger partial charge in [0.25, 0.3) is 0 Å². The van der Waals surface area contributed by atoms with Crippen LogP contribution in [-0.4, -0.2) is 43.4 Å². The molecule has 0 unspecified atom stereocenters. The number of rotatable bonds is 6. The van der Waals surface area contributed by atoms with Crippen LogP contribution < -0.4 is 0 Å². The predicted molar refractivity (Wildman–Crippen MR) is 58.6 cm³/mol. The van der Waals surface area contributed by atoms with E-state index in [1.165, 1.54) is 0 Å². The van der Waals surface area contributed by atoms with E-state index < -0.39 is 11.4 Å². The molecule has 88 valence electrons. The maximum Gasteiger partial charge on any atom is 0.319 e. The van der Waals surface area contributed by atoms with Gasteiger partial charge in [0.1, 0.15) is 5.41 Å². The summed E-state index contributed by atoms with van der Waals surface area (Å²) in [4.78, 5) is 25.2. The number of ether oxygens (including phenoxy) is 1. The van der Waals surface area contributed by atoms with Crippen LogP contribution in [0.1, 0.15) is 27.7 Å². The third-order valence-corrected chi connectivity index (χ3v) is 2.44. The van der Waals surface area contributed by atoms with Crippen molar-refractivity contribution in [3.8, 4) is 0 Å². The van der Waals surface area contributed by atoms with E-state index in [9.17, 15) is 9.59 Å². The van der Waals surface area contributed by atoms with Crippen LogP contribution in [0.3, 0.4) is 0 Å². The van der Waals surface area contributed by atoms with Gasteiger partial charge in [-0.3, -0.25) is 14.5 Å². The summed E-state index contributed by atoms with van der Waals surface area (Å²) in [5, 5.41) is 0. The average molecular weight is 215 g/mol. The Morgan fingerprint density at radius 1 is 1.27 bits per heavy atom. The first kappa shape index (κ1) is 14.1. The summed E-state index contributed by atoms with van der Waals surface area (Å²) in [6.07, 6.45) is 0. The third-order valence-electron chi connectivity index (χ3n) is 2.44. The summed E-state index contributed by atoms with van der Waals surface area (Å²) < 4.78 is 4.86. The van der Waals surface area contributed by atoms with Gasteiger partial charge in [0.15, 0.2) is 5.78 Å². The minimum absolute atomic E-state index is 0.106. The van der Waals surface area contributed by atoms with Crippen molar-refractivity contribution < 1.29 is 14.3 Å². The number of likely N-dealkylation sites (N-methyl/N-ethyl adjacent to an activating group) is 1. The molecular weight excluding hydrogens is 194 g/mol. The molecule has 0 rings (SSSR count). The molecule has 15 heavy (non-hydrogen) atoms. The van der Waals surface area contributed by atoms with Crippen molar-refractivity contribution in [2.75, 3.05) is 26.7 Å². The molecule has 0 fully saturated rings. The molecule has 0 aromatic heterocycles. The molecule has 0 aromatic rings.